The molecule has 0 bridgehead atoms. The van der Waals surface area contributed by atoms with Gasteiger partial charge in [-0.1, -0.05) is 46.3 Å². The van der Waals surface area contributed by atoms with Crippen molar-refractivity contribution in [3.05, 3.63) is 58.6 Å². The Kier molecular flexibility index (Phi) is 5.28. The average Bonchev–Trinajstić information content (AvgIpc) is 2.38. The highest BCUT2D eigenvalue weighted by molar-refractivity contribution is 9.10. The maximum absolute atomic E-state index is 5.76. The van der Waals surface area contributed by atoms with Gasteiger partial charge >= 0.3 is 0 Å². The average molecular weight is 320 g/mol. The zero-order chi connectivity index (χ0) is 13.5. The Morgan fingerprint density at radius 1 is 1.00 bits per heavy atom. The number of rotatable bonds is 6. The third kappa shape index (κ3) is 4.95. The summed E-state index contributed by atoms with van der Waals surface area (Å²) in [5.74, 6) is 0.826. The Bertz CT molecular complexity index is 493. The SMILES string of the molecule is Nc1cc(Br)cc(OCCCCc2ccccc2)c1. The molecule has 2 N–H and O–H groups in total. The van der Waals surface area contributed by atoms with Crippen molar-refractivity contribution in [1.82, 2.24) is 0 Å². The largest absolute Gasteiger partial charge is 0.493 e. The zero-order valence-corrected chi connectivity index (χ0v) is 12.4. The van der Waals surface area contributed by atoms with Crippen LogP contribution in [0.4, 0.5) is 5.69 Å². The van der Waals surface area contributed by atoms with Crippen LogP contribution < -0.4 is 10.5 Å². The summed E-state index contributed by atoms with van der Waals surface area (Å²) in [4.78, 5) is 0. The van der Waals surface area contributed by atoms with Crippen LogP contribution in [0.5, 0.6) is 5.75 Å². The molecule has 0 amide bonds. The number of anilines is 1. The monoisotopic (exact) mass is 319 g/mol. The van der Waals surface area contributed by atoms with E-state index < -0.39 is 0 Å². The Morgan fingerprint density at radius 3 is 2.53 bits per heavy atom. The van der Waals surface area contributed by atoms with Crippen molar-refractivity contribution in [3.63, 3.8) is 0 Å². The number of hydrogen-bond donors (Lipinski definition) is 1. The highest BCUT2D eigenvalue weighted by Gasteiger charge is 1.98. The van der Waals surface area contributed by atoms with Gasteiger partial charge in [0.25, 0.3) is 0 Å². The first-order valence-electron chi connectivity index (χ1n) is 6.47. The summed E-state index contributed by atoms with van der Waals surface area (Å²) in [7, 11) is 0. The number of unbranched alkanes of at least 4 members (excludes halogenated alkanes) is 1. The van der Waals surface area contributed by atoms with Gasteiger partial charge in [-0.05, 0) is 37.0 Å². The molecule has 0 aliphatic carbocycles. The van der Waals surface area contributed by atoms with Crippen molar-refractivity contribution in [3.8, 4) is 5.75 Å². The first-order chi connectivity index (χ1) is 9.24. The Labute approximate surface area is 122 Å². The van der Waals surface area contributed by atoms with Crippen LogP contribution in [0.3, 0.4) is 0 Å². The van der Waals surface area contributed by atoms with Crippen LogP contribution in [0.1, 0.15) is 18.4 Å². The summed E-state index contributed by atoms with van der Waals surface area (Å²) in [6.07, 6.45) is 3.28. The lowest BCUT2D eigenvalue weighted by Crippen LogP contribution is -1.99. The number of halogens is 1. The number of aryl methyl sites for hydroxylation is 1. The predicted molar refractivity (Wildman–Crippen MR) is 83.4 cm³/mol. The van der Waals surface area contributed by atoms with E-state index in [2.05, 4.69) is 40.2 Å². The van der Waals surface area contributed by atoms with Crippen LogP contribution in [0.2, 0.25) is 0 Å². The second-order valence-corrected chi connectivity index (χ2v) is 5.43. The molecule has 0 aliphatic heterocycles. The van der Waals surface area contributed by atoms with E-state index in [1.54, 1.807) is 0 Å². The maximum atomic E-state index is 5.76. The second-order valence-electron chi connectivity index (χ2n) is 4.51. The molecule has 2 rings (SSSR count). The van der Waals surface area contributed by atoms with E-state index >= 15 is 0 Å². The Hall–Kier alpha value is -1.48. The van der Waals surface area contributed by atoms with E-state index in [-0.39, 0.29) is 0 Å². The topological polar surface area (TPSA) is 35.2 Å². The molecular weight excluding hydrogens is 302 g/mol. The van der Waals surface area contributed by atoms with Gasteiger partial charge in [-0.2, -0.15) is 0 Å². The lowest BCUT2D eigenvalue weighted by Gasteiger charge is -2.07. The summed E-state index contributed by atoms with van der Waals surface area (Å²) in [5, 5.41) is 0. The summed E-state index contributed by atoms with van der Waals surface area (Å²) < 4.78 is 6.65. The predicted octanol–water partition coefficient (Wildman–Crippen LogP) is 4.43. The van der Waals surface area contributed by atoms with E-state index in [0.29, 0.717) is 5.69 Å². The van der Waals surface area contributed by atoms with Gasteiger partial charge < -0.3 is 10.5 Å². The highest BCUT2D eigenvalue weighted by Crippen LogP contribution is 2.22. The Morgan fingerprint density at radius 2 is 1.79 bits per heavy atom. The summed E-state index contributed by atoms with van der Waals surface area (Å²) in [6, 6.07) is 16.2. The van der Waals surface area contributed by atoms with Crippen LogP contribution in [0.15, 0.2) is 53.0 Å². The summed E-state index contributed by atoms with van der Waals surface area (Å²) in [6.45, 7) is 0.725. The van der Waals surface area contributed by atoms with E-state index in [4.69, 9.17) is 10.5 Å². The third-order valence-electron chi connectivity index (χ3n) is 2.86. The van der Waals surface area contributed by atoms with Gasteiger partial charge in [-0.25, -0.2) is 0 Å². The van der Waals surface area contributed by atoms with E-state index in [1.807, 2.05) is 24.3 Å². The van der Waals surface area contributed by atoms with Crippen molar-refractivity contribution >= 4 is 21.6 Å². The van der Waals surface area contributed by atoms with Crippen LogP contribution in [0.25, 0.3) is 0 Å². The van der Waals surface area contributed by atoms with Crippen LogP contribution in [-0.4, -0.2) is 6.61 Å². The molecule has 0 fully saturated rings. The third-order valence-corrected chi connectivity index (χ3v) is 3.32. The van der Waals surface area contributed by atoms with Crippen molar-refractivity contribution in [1.29, 1.82) is 0 Å². The smallest absolute Gasteiger partial charge is 0.122 e. The minimum absolute atomic E-state index is 0.716. The molecule has 0 aromatic heterocycles. The Balaban J connectivity index is 1.69. The molecule has 2 nitrogen and oxygen atoms in total. The molecule has 2 aromatic carbocycles. The molecule has 0 saturated heterocycles. The number of nitrogens with two attached hydrogens (primary N) is 1. The lowest BCUT2D eigenvalue weighted by atomic mass is 10.1. The summed E-state index contributed by atoms with van der Waals surface area (Å²) in [5.41, 5.74) is 7.86. The van der Waals surface area contributed by atoms with Crippen molar-refractivity contribution in [2.24, 2.45) is 0 Å². The maximum Gasteiger partial charge on any atom is 0.122 e. The van der Waals surface area contributed by atoms with Crippen LogP contribution >= 0.6 is 15.9 Å². The standard InChI is InChI=1S/C16H18BrNO/c17-14-10-15(18)12-16(11-14)19-9-5-4-8-13-6-2-1-3-7-13/h1-3,6-7,10-12H,4-5,8-9,18H2. The molecule has 0 unspecified atom stereocenters. The minimum atomic E-state index is 0.716. The van der Waals surface area contributed by atoms with Crippen molar-refractivity contribution in [2.45, 2.75) is 19.3 Å². The van der Waals surface area contributed by atoms with Gasteiger partial charge in [0.1, 0.15) is 5.75 Å². The molecule has 2 aromatic rings. The molecule has 100 valence electrons. The number of nitrogen functional groups attached to an aromatic ring is 1. The highest BCUT2D eigenvalue weighted by atomic mass is 79.9. The number of benzene rings is 2. The van der Waals surface area contributed by atoms with Crippen molar-refractivity contribution in [2.75, 3.05) is 12.3 Å². The van der Waals surface area contributed by atoms with E-state index in [9.17, 15) is 0 Å². The molecule has 3 heteroatoms. The zero-order valence-electron chi connectivity index (χ0n) is 10.8. The molecular formula is C16H18BrNO. The molecule has 0 heterocycles. The van der Waals surface area contributed by atoms with E-state index in [1.165, 1.54) is 5.56 Å². The van der Waals surface area contributed by atoms with Gasteiger partial charge in [-0.3, -0.25) is 0 Å². The lowest BCUT2D eigenvalue weighted by molar-refractivity contribution is 0.307. The van der Waals surface area contributed by atoms with Gasteiger partial charge in [0.2, 0.25) is 0 Å². The normalized spacial score (nSPS) is 10.4. The molecule has 0 atom stereocenters. The number of ether oxygens (including phenoxy) is 1. The first-order valence-corrected chi connectivity index (χ1v) is 7.26. The van der Waals surface area contributed by atoms with Gasteiger partial charge in [0.15, 0.2) is 0 Å². The summed E-state index contributed by atoms with van der Waals surface area (Å²) >= 11 is 3.41. The van der Waals surface area contributed by atoms with E-state index in [0.717, 1.165) is 36.1 Å². The minimum Gasteiger partial charge on any atom is -0.493 e. The molecule has 19 heavy (non-hydrogen) atoms. The fourth-order valence-electron chi connectivity index (χ4n) is 1.93. The molecule has 0 aliphatic rings. The van der Waals surface area contributed by atoms with Gasteiger partial charge in [0.05, 0.1) is 6.61 Å². The van der Waals surface area contributed by atoms with Gasteiger partial charge in [0, 0.05) is 16.2 Å². The first kappa shape index (κ1) is 13.9. The molecule has 0 spiro atoms. The number of hydrogen-bond acceptors (Lipinski definition) is 2. The quantitative estimate of drug-likeness (QED) is 0.631. The fourth-order valence-corrected chi connectivity index (χ4v) is 2.42. The van der Waals surface area contributed by atoms with Crippen LogP contribution in [-0.2, 0) is 6.42 Å². The van der Waals surface area contributed by atoms with Crippen LogP contribution in [0, 0.1) is 0 Å². The molecule has 0 radical (unpaired) electrons. The van der Waals surface area contributed by atoms with Crippen molar-refractivity contribution < 1.29 is 4.74 Å². The van der Waals surface area contributed by atoms with Gasteiger partial charge in [-0.15, -0.1) is 0 Å². The fraction of sp³-hybridized carbons (Fsp3) is 0.250. The second kappa shape index (κ2) is 7.19. The molecule has 0 saturated carbocycles.